The van der Waals surface area contributed by atoms with Crippen molar-refractivity contribution in [1.82, 2.24) is 25.1 Å². The molecular formula is C50H52N6O18. The fourth-order valence-electron chi connectivity index (χ4n) is 9.54. The Morgan fingerprint density at radius 3 is 2.43 bits per heavy atom. The van der Waals surface area contributed by atoms with Crippen LogP contribution in [0.4, 0.5) is 10.5 Å². The summed E-state index contributed by atoms with van der Waals surface area (Å²) in [7, 11) is 0. The number of aliphatic carboxylic acids is 1. The van der Waals surface area contributed by atoms with Crippen LogP contribution in [0.15, 0.2) is 53.3 Å². The number of carboxylic acids is 1. The second kappa shape index (κ2) is 21.0. The summed E-state index contributed by atoms with van der Waals surface area (Å²) in [6.07, 6.45) is -6.24. The molecule has 2 aromatic heterocycles. The highest BCUT2D eigenvalue weighted by atomic mass is 16.7. The van der Waals surface area contributed by atoms with Crippen molar-refractivity contribution >= 4 is 58.3 Å². The Morgan fingerprint density at radius 1 is 0.892 bits per heavy atom. The molecule has 24 nitrogen and oxygen atoms in total. The Balaban J connectivity index is 0.884. The zero-order chi connectivity index (χ0) is 52.6. The number of carboxylic acid groups (broad SMARTS) is 1. The van der Waals surface area contributed by atoms with E-state index in [1.54, 1.807) is 19.1 Å². The van der Waals surface area contributed by atoms with Crippen LogP contribution in [0.3, 0.4) is 0 Å². The number of aliphatic hydroxyl groups is 4. The first-order valence-electron chi connectivity index (χ1n) is 24.0. The molecule has 0 unspecified atom stereocenters. The number of alkyl carbamates (subject to hydrolysis) is 1. The average molecular weight is 1020 g/mol. The number of pyridine rings is 2. The van der Waals surface area contributed by atoms with Gasteiger partial charge in [-0.25, -0.2) is 19.4 Å². The van der Waals surface area contributed by atoms with Gasteiger partial charge in [0, 0.05) is 73.6 Å². The number of nitrogens with zero attached hydrogens (tertiary/aromatic N) is 3. The molecule has 5 aliphatic heterocycles. The number of unbranched alkanes of at least 4 members (excludes halogenated alkanes) is 2. The van der Waals surface area contributed by atoms with E-state index in [4.69, 9.17) is 28.7 Å². The molecule has 1 fully saturated rings. The van der Waals surface area contributed by atoms with Crippen molar-refractivity contribution in [2.24, 2.45) is 0 Å². The Kier molecular flexibility index (Phi) is 14.5. The molecule has 0 bridgehead atoms. The van der Waals surface area contributed by atoms with Gasteiger partial charge in [-0.2, -0.15) is 0 Å². The minimum absolute atomic E-state index is 0.0416. The summed E-state index contributed by atoms with van der Waals surface area (Å²) in [6, 6.07) is 9.41. The number of anilines is 1. The lowest BCUT2D eigenvalue weighted by Gasteiger charge is -2.38. The molecule has 0 aliphatic carbocycles. The summed E-state index contributed by atoms with van der Waals surface area (Å²) in [4.78, 5) is 107. The van der Waals surface area contributed by atoms with Gasteiger partial charge in [0.25, 0.3) is 17.4 Å². The number of hydrogen-bond acceptors (Lipinski definition) is 18. The smallest absolute Gasteiger partial charge is 0.407 e. The van der Waals surface area contributed by atoms with Crippen LogP contribution in [0, 0.1) is 0 Å². The number of aromatic nitrogens is 2. The van der Waals surface area contributed by atoms with Crippen molar-refractivity contribution in [2.45, 2.75) is 114 Å². The van der Waals surface area contributed by atoms with Gasteiger partial charge in [-0.3, -0.25) is 28.9 Å². The first-order chi connectivity index (χ1) is 35.4. The van der Waals surface area contributed by atoms with Crippen LogP contribution in [0.25, 0.3) is 22.3 Å². The minimum atomic E-state index is -2.04. The molecule has 390 valence electrons. The van der Waals surface area contributed by atoms with E-state index in [2.05, 4.69) is 16.0 Å². The molecule has 0 spiro atoms. The van der Waals surface area contributed by atoms with Crippen LogP contribution >= 0.6 is 0 Å². The Labute approximate surface area is 419 Å². The van der Waals surface area contributed by atoms with E-state index in [0.29, 0.717) is 77.0 Å². The Morgan fingerprint density at radius 2 is 1.68 bits per heavy atom. The number of cyclic esters (lactones) is 1. The van der Waals surface area contributed by atoms with Crippen LogP contribution in [0.2, 0.25) is 0 Å². The molecule has 4 aromatic rings. The topological polar surface area (TPSA) is 341 Å². The van der Waals surface area contributed by atoms with Crippen molar-refractivity contribution in [1.29, 1.82) is 0 Å². The van der Waals surface area contributed by atoms with E-state index in [9.17, 15) is 63.9 Å². The van der Waals surface area contributed by atoms with Gasteiger partial charge in [-0.1, -0.05) is 19.4 Å². The highest BCUT2D eigenvalue weighted by Gasteiger charge is 2.49. The Bertz CT molecular complexity index is 3060. The maximum atomic E-state index is 14.0. The predicted octanol–water partition coefficient (Wildman–Crippen LogP) is 0.642. The summed E-state index contributed by atoms with van der Waals surface area (Å²) in [6.45, 7) is 1.48. The lowest BCUT2D eigenvalue weighted by Crippen LogP contribution is -2.61. The van der Waals surface area contributed by atoms with Crippen molar-refractivity contribution in [3.8, 4) is 22.9 Å². The van der Waals surface area contributed by atoms with Crippen LogP contribution in [-0.4, -0.2) is 132 Å². The summed E-state index contributed by atoms with van der Waals surface area (Å²) in [5.41, 5.74) is 1.46. The standard InChI is InChI=1S/C50H52N6O18/c1-2-50(69)30-18-33-40-28(21-56(33)45(64)29(30)23-71-48(50)67)27(26-17-25-12-15-70-35(25)19-31(26)54-40)20-52-49(68)72-22-24-7-8-34(73-47-43(63)41(61)42(62)44(74-47)46(65)66)32(16-24)53-37(58)11-13-51-36(57)6-4-3-5-14-55-38(59)9-10-39(55)60/h7-10,16-19,41-44,47,61-63,69H,2-6,11-15,20-23H2,1H3,(H,51,57)(H,52,68)(H,53,58)(H,65,66)/t41-,42-,43+,44-,47+,50-/m0/s1. The lowest BCUT2D eigenvalue weighted by atomic mass is 9.86. The van der Waals surface area contributed by atoms with E-state index in [1.165, 1.54) is 34.9 Å². The zero-order valence-corrected chi connectivity index (χ0v) is 39.8. The number of amides is 5. The molecule has 9 rings (SSSR count). The van der Waals surface area contributed by atoms with Crippen LogP contribution in [0.1, 0.15) is 78.8 Å². The third kappa shape index (κ3) is 10.0. The summed E-state index contributed by atoms with van der Waals surface area (Å²) in [5.74, 6) is -3.80. The fourth-order valence-corrected chi connectivity index (χ4v) is 9.54. The zero-order valence-electron chi connectivity index (χ0n) is 39.8. The maximum absolute atomic E-state index is 14.0. The van der Waals surface area contributed by atoms with Crippen molar-refractivity contribution in [3.63, 3.8) is 0 Å². The highest BCUT2D eigenvalue weighted by Crippen LogP contribution is 2.42. The predicted molar refractivity (Wildman–Crippen MR) is 253 cm³/mol. The molecule has 8 N–H and O–H groups in total. The molecule has 0 saturated carbocycles. The quantitative estimate of drug-likeness (QED) is 0.0339. The number of hydrogen-bond donors (Lipinski definition) is 8. The third-order valence-corrected chi connectivity index (χ3v) is 13.6. The fraction of sp³-hybridized carbons (Fsp3) is 0.420. The largest absolute Gasteiger partial charge is 0.493 e. The van der Waals surface area contributed by atoms with Crippen molar-refractivity contribution in [2.75, 3.05) is 25.0 Å². The molecule has 74 heavy (non-hydrogen) atoms. The number of imide groups is 1. The number of fused-ring (bicyclic) bond motifs is 6. The minimum Gasteiger partial charge on any atom is -0.493 e. The number of carbonyl (C=O) groups is 7. The monoisotopic (exact) mass is 1020 g/mol. The van der Waals surface area contributed by atoms with Crippen molar-refractivity contribution < 1.29 is 82.8 Å². The average Bonchev–Trinajstić information content (AvgIpc) is 4.09. The number of benzene rings is 2. The number of carbonyl (C=O) groups excluding carboxylic acids is 6. The van der Waals surface area contributed by atoms with Gasteiger partial charge in [0.15, 0.2) is 11.7 Å². The normalized spacial score (nSPS) is 22.3. The van der Waals surface area contributed by atoms with Gasteiger partial charge < -0.3 is 69.7 Å². The molecule has 1 saturated heterocycles. The van der Waals surface area contributed by atoms with Crippen LogP contribution in [-0.2, 0) is 81.3 Å². The second-order valence-corrected chi connectivity index (χ2v) is 18.3. The second-order valence-electron chi connectivity index (χ2n) is 18.3. The molecular weight excluding hydrogens is 973 g/mol. The summed E-state index contributed by atoms with van der Waals surface area (Å²) < 4.78 is 29.2. The van der Waals surface area contributed by atoms with Crippen LogP contribution in [0.5, 0.6) is 11.5 Å². The van der Waals surface area contributed by atoms with E-state index in [-0.39, 0.29) is 98.9 Å². The third-order valence-electron chi connectivity index (χ3n) is 13.6. The van der Waals surface area contributed by atoms with E-state index < -0.39 is 65.8 Å². The molecule has 6 atom stereocenters. The van der Waals surface area contributed by atoms with Gasteiger partial charge in [-0.15, -0.1) is 0 Å². The maximum Gasteiger partial charge on any atom is 0.407 e. The van der Waals surface area contributed by atoms with Crippen molar-refractivity contribution in [3.05, 3.63) is 92.3 Å². The van der Waals surface area contributed by atoms with Gasteiger partial charge >= 0.3 is 18.0 Å². The number of rotatable bonds is 18. The van der Waals surface area contributed by atoms with E-state index in [0.717, 1.165) is 10.5 Å². The van der Waals surface area contributed by atoms with Gasteiger partial charge in [-0.05, 0) is 60.2 Å². The number of aliphatic hydroxyl groups excluding tert-OH is 3. The molecule has 2 aromatic carbocycles. The van der Waals surface area contributed by atoms with Gasteiger partial charge in [0.05, 0.1) is 41.3 Å². The summed E-state index contributed by atoms with van der Waals surface area (Å²) in [5, 5.41) is 61.0. The van der Waals surface area contributed by atoms with Gasteiger partial charge in [0.1, 0.15) is 43.0 Å². The summed E-state index contributed by atoms with van der Waals surface area (Å²) >= 11 is 0. The number of esters is 1. The lowest BCUT2D eigenvalue weighted by molar-refractivity contribution is -0.271. The molecule has 5 aliphatic rings. The van der Waals surface area contributed by atoms with Crippen LogP contribution < -0.4 is 31.0 Å². The first-order valence-corrected chi connectivity index (χ1v) is 24.0. The number of nitrogens with one attached hydrogen (secondary N) is 3. The first kappa shape index (κ1) is 51.1. The van der Waals surface area contributed by atoms with E-state index >= 15 is 0 Å². The number of ether oxygens (including phenoxy) is 5. The SMILES string of the molecule is CC[C@@]1(O)C(=O)OCc2c1cc1n(c2=O)Cc2c-1nc1cc3c(cc1c2CNC(=O)OCc1ccc(O[C@@H]2O[C@H](C(=O)O)[C@@H](O)[C@H](O)[C@H]2O)c(NC(=O)CCNC(=O)CCCCCN2C(=O)C=CC2=O)c1)CCO3. The molecule has 7 heterocycles. The van der Waals surface area contributed by atoms with E-state index in [1.807, 2.05) is 6.07 Å². The Hall–Kier alpha value is -7.77. The molecule has 5 amide bonds. The molecule has 24 heteroatoms. The molecule has 0 radical (unpaired) electrons. The van der Waals surface area contributed by atoms with Gasteiger partial charge in [0.2, 0.25) is 18.1 Å². The highest BCUT2D eigenvalue weighted by molar-refractivity contribution is 6.12.